The Bertz CT molecular complexity index is 1410. The molecule has 3 aromatic carbocycles. The van der Waals surface area contributed by atoms with Crippen LogP contribution < -0.4 is 5.32 Å². The summed E-state index contributed by atoms with van der Waals surface area (Å²) in [6.07, 6.45) is 3.61. The lowest BCUT2D eigenvalue weighted by atomic mass is 10.0. The Kier molecular flexibility index (Phi) is 7.50. The zero-order valence-corrected chi connectivity index (χ0v) is 22.3. The molecule has 0 saturated carbocycles. The molecule has 1 aromatic heterocycles. The molecule has 6 nitrogen and oxygen atoms in total. The highest BCUT2D eigenvalue weighted by atomic mass is 32.2. The minimum absolute atomic E-state index is 0.0317. The fraction of sp³-hybridized carbons (Fsp3) is 0.241. The van der Waals surface area contributed by atoms with E-state index in [0.29, 0.717) is 17.2 Å². The third kappa shape index (κ3) is 5.37. The van der Waals surface area contributed by atoms with Gasteiger partial charge in [-0.15, -0.1) is 0 Å². The summed E-state index contributed by atoms with van der Waals surface area (Å²) in [6.45, 7) is 2.57. The van der Waals surface area contributed by atoms with Crippen molar-refractivity contribution in [2.45, 2.75) is 43.5 Å². The van der Waals surface area contributed by atoms with E-state index in [4.69, 9.17) is 4.98 Å². The van der Waals surface area contributed by atoms with E-state index in [1.54, 1.807) is 16.4 Å². The third-order valence-corrected chi connectivity index (χ3v) is 9.68. The fourth-order valence-corrected chi connectivity index (χ4v) is 7.49. The van der Waals surface area contributed by atoms with Crippen LogP contribution in [0.5, 0.6) is 0 Å². The molecule has 1 fully saturated rings. The third-order valence-electron chi connectivity index (χ3n) is 6.70. The summed E-state index contributed by atoms with van der Waals surface area (Å²) in [7, 11) is -3.60. The van der Waals surface area contributed by atoms with E-state index < -0.39 is 10.0 Å². The molecule has 190 valence electrons. The van der Waals surface area contributed by atoms with Crippen LogP contribution in [0.4, 0.5) is 5.13 Å². The van der Waals surface area contributed by atoms with Crippen LogP contribution in [0.3, 0.4) is 0 Å². The number of carbonyl (C=O) groups is 1. The van der Waals surface area contributed by atoms with Crippen LogP contribution in [-0.4, -0.2) is 36.2 Å². The Morgan fingerprint density at radius 2 is 1.59 bits per heavy atom. The zero-order chi connectivity index (χ0) is 25.8. The minimum atomic E-state index is -3.60. The Balaban J connectivity index is 1.38. The molecule has 2 heterocycles. The number of sulfonamides is 1. The molecule has 0 bridgehead atoms. The van der Waals surface area contributed by atoms with Gasteiger partial charge in [-0.1, -0.05) is 85.3 Å². The molecule has 8 heteroatoms. The fourth-order valence-electron chi connectivity index (χ4n) is 4.73. The van der Waals surface area contributed by atoms with Crippen LogP contribution >= 0.6 is 11.3 Å². The summed E-state index contributed by atoms with van der Waals surface area (Å²) < 4.78 is 28.1. The molecule has 1 amide bonds. The van der Waals surface area contributed by atoms with Gasteiger partial charge in [-0.25, -0.2) is 13.4 Å². The molecule has 1 aliphatic heterocycles. The van der Waals surface area contributed by atoms with Crippen molar-refractivity contribution in [3.8, 4) is 21.7 Å². The van der Waals surface area contributed by atoms with Gasteiger partial charge in [0.1, 0.15) is 0 Å². The normalized spacial score (nSPS) is 16.4. The first-order chi connectivity index (χ1) is 18.0. The molecular weight excluding hydrogens is 502 g/mol. The van der Waals surface area contributed by atoms with Crippen molar-refractivity contribution in [3.05, 3.63) is 90.5 Å². The average molecular weight is 532 g/mol. The summed E-state index contributed by atoms with van der Waals surface area (Å²) in [5.74, 6) is -0.332. The number of rotatable bonds is 7. The van der Waals surface area contributed by atoms with Gasteiger partial charge in [0.15, 0.2) is 5.13 Å². The van der Waals surface area contributed by atoms with Crippen LogP contribution in [-0.2, 0) is 10.0 Å². The summed E-state index contributed by atoms with van der Waals surface area (Å²) in [4.78, 5) is 19.0. The van der Waals surface area contributed by atoms with Crippen LogP contribution in [0.2, 0.25) is 0 Å². The average Bonchev–Trinajstić information content (AvgIpc) is 3.37. The molecule has 1 saturated heterocycles. The summed E-state index contributed by atoms with van der Waals surface area (Å²) in [5.41, 5.74) is 3.18. The molecule has 5 rings (SSSR count). The van der Waals surface area contributed by atoms with Crippen molar-refractivity contribution in [3.63, 3.8) is 0 Å². The second-order valence-electron chi connectivity index (χ2n) is 9.08. The highest BCUT2D eigenvalue weighted by molar-refractivity contribution is 7.89. The predicted octanol–water partition coefficient (Wildman–Crippen LogP) is 6.68. The number of amides is 1. The number of benzene rings is 3. The van der Waals surface area contributed by atoms with E-state index in [-0.39, 0.29) is 16.8 Å². The van der Waals surface area contributed by atoms with Gasteiger partial charge in [0.2, 0.25) is 10.0 Å². The topological polar surface area (TPSA) is 79.4 Å². The Labute approximate surface area is 222 Å². The maximum absolute atomic E-state index is 13.3. The lowest BCUT2D eigenvalue weighted by molar-refractivity contribution is 0.102. The molecule has 0 aliphatic carbocycles. The van der Waals surface area contributed by atoms with Crippen molar-refractivity contribution < 1.29 is 13.2 Å². The van der Waals surface area contributed by atoms with E-state index in [9.17, 15) is 13.2 Å². The van der Waals surface area contributed by atoms with Crippen molar-refractivity contribution in [1.82, 2.24) is 9.29 Å². The van der Waals surface area contributed by atoms with Crippen molar-refractivity contribution in [1.29, 1.82) is 0 Å². The van der Waals surface area contributed by atoms with Gasteiger partial charge in [-0.2, -0.15) is 4.31 Å². The van der Waals surface area contributed by atoms with E-state index in [1.807, 2.05) is 67.6 Å². The first-order valence-corrected chi connectivity index (χ1v) is 14.8. The lowest BCUT2D eigenvalue weighted by Gasteiger charge is -2.34. The maximum atomic E-state index is 13.3. The number of thiazole rings is 1. The number of anilines is 1. The van der Waals surface area contributed by atoms with E-state index >= 15 is 0 Å². The molecule has 1 aliphatic rings. The SMILES string of the molecule is CCC1CCCCN1S(=O)(=O)c1ccc(C(=O)Nc2nc(-c3ccccc3)c(-c3ccccc3)s2)cc1. The van der Waals surface area contributed by atoms with Gasteiger partial charge in [0, 0.05) is 23.7 Å². The number of hydrogen-bond donors (Lipinski definition) is 1. The summed E-state index contributed by atoms with van der Waals surface area (Å²) in [6, 6.07) is 26.1. The largest absolute Gasteiger partial charge is 0.298 e. The van der Waals surface area contributed by atoms with E-state index in [2.05, 4.69) is 5.32 Å². The number of piperidine rings is 1. The van der Waals surface area contributed by atoms with Crippen molar-refractivity contribution in [2.24, 2.45) is 0 Å². The second kappa shape index (κ2) is 11.0. The molecule has 1 atom stereocenters. The van der Waals surface area contributed by atoms with E-state index in [1.165, 1.54) is 23.5 Å². The number of hydrogen-bond acceptors (Lipinski definition) is 5. The molecular formula is C29H29N3O3S2. The summed E-state index contributed by atoms with van der Waals surface area (Å²) in [5, 5.41) is 3.39. The molecule has 37 heavy (non-hydrogen) atoms. The van der Waals surface area contributed by atoms with E-state index in [0.717, 1.165) is 47.4 Å². The van der Waals surface area contributed by atoms with Crippen LogP contribution in [0.15, 0.2) is 89.8 Å². The first kappa shape index (κ1) is 25.3. The second-order valence-corrected chi connectivity index (χ2v) is 12.0. The Morgan fingerprint density at radius 1 is 0.946 bits per heavy atom. The van der Waals surface area contributed by atoms with Crippen molar-refractivity contribution in [2.75, 3.05) is 11.9 Å². The van der Waals surface area contributed by atoms with Crippen LogP contribution in [0, 0.1) is 0 Å². The minimum Gasteiger partial charge on any atom is -0.298 e. The number of carbonyl (C=O) groups excluding carboxylic acids is 1. The quantitative estimate of drug-likeness (QED) is 0.288. The highest BCUT2D eigenvalue weighted by Crippen LogP contribution is 2.39. The lowest BCUT2D eigenvalue weighted by Crippen LogP contribution is -2.43. The molecule has 1 N–H and O–H groups in total. The Hall–Kier alpha value is -3.33. The van der Waals surface area contributed by atoms with Gasteiger partial charge in [-0.05, 0) is 49.1 Å². The van der Waals surface area contributed by atoms with Gasteiger partial charge >= 0.3 is 0 Å². The van der Waals surface area contributed by atoms with Gasteiger partial charge in [-0.3, -0.25) is 10.1 Å². The first-order valence-electron chi connectivity index (χ1n) is 12.5. The molecule has 4 aromatic rings. The number of nitrogens with one attached hydrogen (secondary N) is 1. The smallest absolute Gasteiger partial charge is 0.257 e. The van der Waals surface area contributed by atoms with Crippen molar-refractivity contribution >= 4 is 32.4 Å². The van der Waals surface area contributed by atoms with Gasteiger partial charge < -0.3 is 0 Å². The van der Waals surface area contributed by atoms with Crippen LogP contribution in [0.25, 0.3) is 21.7 Å². The van der Waals surface area contributed by atoms with Gasteiger partial charge in [0.25, 0.3) is 5.91 Å². The highest BCUT2D eigenvalue weighted by Gasteiger charge is 2.32. The molecule has 1 unspecified atom stereocenters. The Morgan fingerprint density at radius 3 is 2.24 bits per heavy atom. The monoisotopic (exact) mass is 531 g/mol. The number of nitrogens with zero attached hydrogens (tertiary/aromatic N) is 2. The predicted molar refractivity (Wildman–Crippen MR) is 149 cm³/mol. The zero-order valence-electron chi connectivity index (χ0n) is 20.6. The molecule has 0 radical (unpaired) electrons. The maximum Gasteiger partial charge on any atom is 0.257 e. The molecule has 0 spiro atoms. The standard InChI is InChI=1S/C29H29N3O3S2/c1-2-24-15-9-10-20-32(24)37(34,35)25-18-16-23(17-19-25)28(33)31-29-30-26(21-11-5-3-6-12-21)27(36-29)22-13-7-4-8-14-22/h3-8,11-14,16-19,24H,2,9-10,15,20H2,1H3,(H,30,31,33). The van der Waals surface area contributed by atoms with Crippen LogP contribution in [0.1, 0.15) is 43.0 Å². The van der Waals surface area contributed by atoms with Gasteiger partial charge in [0.05, 0.1) is 15.5 Å². The summed E-state index contributed by atoms with van der Waals surface area (Å²) >= 11 is 1.41. The number of aromatic nitrogens is 1.